The van der Waals surface area contributed by atoms with E-state index >= 15 is 0 Å². The molecule has 0 radical (unpaired) electrons. The first-order valence-corrected chi connectivity index (χ1v) is 5.29. The molecule has 0 saturated heterocycles. The maximum absolute atomic E-state index is 13.0. The Morgan fingerprint density at radius 1 is 0.833 bits per heavy atom. The van der Waals surface area contributed by atoms with Crippen LogP contribution in [0.3, 0.4) is 0 Å². The molecule has 0 atom stereocenters. The Labute approximate surface area is 101 Å². The van der Waals surface area contributed by atoms with E-state index in [9.17, 15) is 13.2 Å². The van der Waals surface area contributed by atoms with E-state index in [1.165, 1.54) is 6.07 Å². The van der Waals surface area contributed by atoms with Crippen LogP contribution in [0.2, 0.25) is 0 Å². The van der Waals surface area contributed by atoms with Gasteiger partial charge >= 0.3 is 6.18 Å². The van der Waals surface area contributed by atoms with Crippen LogP contribution in [0, 0.1) is 0 Å². The first kappa shape index (κ1) is 11.0. The van der Waals surface area contributed by atoms with Gasteiger partial charge in [-0.05, 0) is 34.9 Å². The maximum atomic E-state index is 13.0. The van der Waals surface area contributed by atoms with Crippen molar-refractivity contribution in [2.75, 3.05) is 11.5 Å². The molecule has 0 heterocycles. The van der Waals surface area contributed by atoms with Gasteiger partial charge in [0.15, 0.2) is 0 Å². The van der Waals surface area contributed by atoms with E-state index in [-0.39, 0.29) is 11.3 Å². The summed E-state index contributed by atoms with van der Waals surface area (Å²) in [5.41, 5.74) is 12.6. The Bertz CT molecular complexity index is 660. The number of alkyl halides is 3. The summed E-state index contributed by atoms with van der Waals surface area (Å²) >= 11 is 0. The normalized spacial score (nSPS) is 12.6. The summed E-state index contributed by atoms with van der Waals surface area (Å²) in [6, 6.07) is 7.75. The van der Waals surface area contributed by atoms with E-state index in [1.807, 2.05) is 0 Å². The van der Waals surface area contributed by atoms with Crippen LogP contribution in [-0.4, -0.2) is 0 Å². The van der Waals surface area contributed by atoms with Crippen molar-refractivity contribution in [2.24, 2.45) is 0 Å². The predicted molar refractivity (Wildman–Crippen MR) is 64.7 cm³/mol. The molecule has 2 aromatic carbocycles. The molecule has 0 aliphatic heterocycles. The molecule has 5 heteroatoms. The van der Waals surface area contributed by atoms with Crippen molar-refractivity contribution in [3.8, 4) is 22.3 Å². The van der Waals surface area contributed by atoms with Gasteiger partial charge in [0.05, 0.1) is 5.56 Å². The molecule has 1 aliphatic carbocycles. The third-order valence-corrected chi connectivity index (χ3v) is 3.12. The molecular formula is C13H9F3N2. The van der Waals surface area contributed by atoms with Crippen LogP contribution in [0.25, 0.3) is 22.3 Å². The molecule has 0 spiro atoms. The van der Waals surface area contributed by atoms with Gasteiger partial charge in [0.25, 0.3) is 0 Å². The average Bonchev–Trinajstić information content (AvgIpc) is 2.25. The minimum absolute atomic E-state index is 0.178. The van der Waals surface area contributed by atoms with E-state index in [0.29, 0.717) is 16.8 Å². The fraction of sp³-hybridized carbons (Fsp3) is 0.0769. The van der Waals surface area contributed by atoms with Gasteiger partial charge in [0.2, 0.25) is 0 Å². The van der Waals surface area contributed by atoms with Crippen LogP contribution >= 0.6 is 0 Å². The highest BCUT2D eigenvalue weighted by atomic mass is 19.4. The number of anilines is 2. The lowest BCUT2D eigenvalue weighted by molar-refractivity contribution is -0.136. The molecule has 0 bridgehead atoms. The molecular weight excluding hydrogens is 241 g/mol. The van der Waals surface area contributed by atoms with Crippen molar-refractivity contribution >= 4 is 11.4 Å². The van der Waals surface area contributed by atoms with Crippen molar-refractivity contribution < 1.29 is 13.2 Å². The van der Waals surface area contributed by atoms with Crippen LogP contribution in [-0.2, 0) is 6.18 Å². The number of rotatable bonds is 0. The molecule has 0 fully saturated rings. The first-order valence-electron chi connectivity index (χ1n) is 5.29. The number of halogens is 3. The van der Waals surface area contributed by atoms with Crippen LogP contribution < -0.4 is 11.5 Å². The van der Waals surface area contributed by atoms with Crippen molar-refractivity contribution in [1.82, 2.24) is 0 Å². The maximum Gasteiger partial charge on any atom is 0.419 e. The molecule has 2 nitrogen and oxygen atoms in total. The number of nitrogen functional groups attached to an aromatic ring is 2. The monoisotopic (exact) mass is 250 g/mol. The topological polar surface area (TPSA) is 52.0 Å². The van der Waals surface area contributed by atoms with Crippen LogP contribution in [0.15, 0.2) is 30.3 Å². The zero-order chi connectivity index (χ0) is 13.1. The number of fused-ring (bicyclic) bond motifs is 4. The number of hydrogen-bond acceptors (Lipinski definition) is 2. The summed E-state index contributed by atoms with van der Waals surface area (Å²) in [6.45, 7) is 0. The second-order valence-electron chi connectivity index (χ2n) is 4.26. The van der Waals surface area contributed by atoms with Gasteiger partial charge in [-0.25, -0.2) is 0 Å². The second kappa shape index (κ2) is 3.19. The molecule has 0 aromatic heterocycles. The van der Waals surface area contributed by atoms with E-state index in [0.717, 1.165) is 5.56 Å². The Balaban J connectivity index is 2.29. The SMILES string of the molecule is Nc1ccc2c(c1)-c1ccc(N)c(C(F)(F)F)c1-2. The molecule has 92 valence electrons. The quantitative estimate of drug-likeness (QED) is 0.600. The molecule has 3 rings (SSSR count). The third-order valence-electron chi connectivity index (χ3n) is 3.12. The zero-order valence-electron chi connectivity index (χ0n) is 9.18. The highest BCUT2D eigenvalue weighted by molar-refractivity contribution is 6.06. The predicted octanol–water partition coefficient (Wildman–Crippen LogP) is 3.52. The average molecular weight is 250 g/mol. The molecule has 4 N–H and O–H groups in total. The lowest BCUT2D eigenvalue weighted by Crippen LogP contribution is -2.15. The molecule has 1 aliphatic rings. The Morgan fingerprint density at radius 3 is 2.17 bits per heavy atom. The Hall–Kier alpha value is -2.17. The van der Waals surface area contributed by atoms with Crippen molar-refractivity contribution in [3.05, 3.63) is 35.9 Å². The summed E-state index contributed by atoms with van der Waals surface area (Å²) < 4.78 is 39.0. The molecule has 0 amide bonds. The summed E-state index contributed by atoms with van der Waals surface area (Å²) in [4.78, 5) is 0. The third kappa shape index (κ3) is 1.30. The van der Waals surface area contributed by atoms with Gasteiger partial charge in [-0.3, -0.25) is 0 Å². The first-order chi connectivity index (χ1) is 8.39. The van der Waals surface area contributed by atoms with Gasteiger partial charge in [0.1, 0.15) is 0 Å². The highest BCUT2D eigenvalue weighted by Gasteiger charge is 2.40. The molecule has 18 heavy (non-hydrogen) atoms. The molecule has 0 saturated carbocycles. The summed E-state index contributed by atoms with van der Waals surface area (Å²) in [7, 11) is 0. The smallest absolute Gasteiger partial charge is 0.399 e. The fourth-order valence-corrected chi connectivity index (χ4v) is 2.37. The van der Waals surface area contributed by atoms with E-state index in [1.54, 1.807) is 24.3 Å². The van der Waals surface area contributed by atoms with Crippen molar-refractivity contribution in [3.63, 3.8) is 0 Å². The van der Waals surface area contributed by atoms with Gasteiger partial charge in [0, 0.05) is 16.9 Å². The fourth-order valence-electron chi connectivity index (χ4n) is 2.37. The van der Waals surface area contributed by atoms with Crippen molar-refractivity contribution in [1.29, 1.82) is 0 Å². The largest absolute Gasteiger partial charge is 0.419 e. The van der Waals surface area contributed by atoms with E-state index in [2.05, 4.69) is 0 Å². The minimum Gasteiger partial charge on any atom is -0.399 e. The second-order valence-corrected chi connectivity index (χ2v) is 4.26. The Morgan fingerprint density at radius 2 is 1.50 bits per heavy atom. The summed E-state index contributed by atoms with van der Waals surface area (Å²) in [5.74, 6) is 0. The van der Waals surface area contributed by atoms with Gasteiger partial charge in [-0.15, -0.1) is 0 Å². The summed E-state index contributed by atoms with van der Waals surface area (Å²) in [5, 5.41) is 0. The van der Waals surface area contributed by atoms with Crippen molar-refractivity contribution in [2.45, 2.75) is 6.18 Å². The summed E-state index contributed by atoms with van der Waals surface area (Å²) in [6.07, 6.45) is -4.45. The van der Waals surface area contributed by atoms with Crippen LogP contribution in [0.5, 0.6) is 0 Å². The minimum atomic E-state index is -4.45. The van der Waals surface area contributed by atoms with Crippen LogP contribution in [0.4, 0.5) is 24.5 Å². The highest BCUT2D eigenvalue weighted by Crippen LogP contribution is 2.54. The Kier molecular flexibility index (Phi) is 1.94. The number of benzene rings is 2. The number of nitrogens with two attached hydrogens (primary N) is 2. The standard InChI is InChI=1S/C13H9F3N2/c14-13(15,16)12-10(18)4-3-8-9-5-6(17)1-2-7(9)11(8)12/h1-5H,17-18H2. The van der Waals surface area contributed by atoms with E-state index < -0.39 is 11.7 Å². The van der Waals surface area contributed by atoms with Gasteiger partial charge in [-0.2, -0.15) is 13.2 Å². The molecule has 0 unspecified atom stereocenters. The van der Waals surface area contributed by atoms with Crippen LogP contribution in [0.1, 0.15) is 5.56 Å². The molecule has 2 aromatic rings. The van der Waals surface area contributed by atoms with Gasteiger partial charge in [-0.1, -0.05) is 12.1 Å². The van der Waals surface area contributed by atoms with E-state index in [4.69, 9.17) is 11.5 Å². The lowest BCUT2D eigenvalue weighted by Gasteiger charge is -2.28. The zero-order valence-corrected chi connectivity index (χ0v) is 9.18. The number of hydrogen-bond donors (Lipinski definition) is 2. The lowest BCUT2D eigenvalue weighted by atomic mass is 9.77. The van der Waals surface area contributed by atoms with Gasteiger partial charge < -0.3 is 11.5 Å².